The van der Waals surface area contributed by atoms with Crippen molar-refractivity contribution in [1.82, 2.24) is 0 Å². The van der Waals surface area contributed by atoms with Gasteiger partial charge < -0.3 is 4.74 Å². The van der Waals surface area contributed by atoms with Gasteiger partial charge in [-0.1, -0.05) is 22.5 Å². The largest absolute Gasteiger partial charge is 0.497 e. The van der Waals surface area contributed by atoms with Crippen molar-refractivity contribution in [3.63, 3.8) is 0 Å². The highest BCUT2D eigenvalue weighted by Gasteiger charge is 1.83. The molecule has 0 heterocycles. The first-order chi connectivity index (χ1) is 4.70. The quantitative estimate of drug-likeness (QED) is 0.506. The van der Waals surface area contributed by atoms with Crippen LogP contribution in [0.4, 0.5) is 0 Å². The zero-order valence-corrected chi connectivity index (χ0v) is 7.81. The summed E-state index contributed by atoms with van der Waals surface area (Å²) in [5.74, 6) is 0.834. The molecule has 0 fully saturated rings. The van der Waals surface area contributed by atoms with Crippen LogP contribution in [0.15, 0.2) is 35.0 Å². The standard InChI is InChI=1S/C8H11BrO/c1-4-8(10-3)6-5-7(2)9/h4-6H,2H2,1,3H3/b6-5-,8-4+. The van der Waals surface area contributed by atoms with Gasteiger partial charge in [0.1, 0.15) is 5.76 Å². The van der Waals surface area contributed by atoms with E-state index in [-0.39, 0.29) is 0 Å². The molecule has 0 saturated heterocycles. The molecule has 0 aromatic rings. The first-order valence-corrected chi connectivity index (χ1v) is 3.72. The van der Waals surface area contributed by atoms with Gasteiger partial charge in [-0.3, -0.25) is 0 Å². The van der Waals surface area contributed by atoms with Crippen molar-refractivity contribution in [2.45, 2.75) is 6.92 Å². The number of hydrogen-bond donors (Lipinski definition) is 0. The minimum Gasteiger partial charge on any atom is -0.497 e. The number of hydrogen-bond acceptors (Lipinski definition) is 1. The van der Waals surface area contributed by atoms with Gasteiger partial charge in [0.2, 0.25) is 0 Å². The molecule has 0 aromatic heterocycles. The van der Waals surface area contributed by atoms with Crippen molar-refractivity contribution in [2.75, 3.05) is 7.11 Å². The number of ether oxygens (including phenoxy) is 1. The fourth-order valence-electron chi connectivity index (χ4n) is 0.455. The van der Waals surface area contributed by atoms with Crippen LogP contribution in [0, 0.1) is 0 Å². The maximum absolute atomic E-state index is 4.96. The molecule has 0 unspecified atom stereocenters. The van der Waals surface area contributed by atoms with Crippen molar-refractivity contribution >= 4 is 15.9 Å². The maximum Gasteiger partial charge on any atom is 0.114 e. The zero-order valence-electron chi connectivity index (χ0n) is 6.23. The van der Waals surface area contributed by atoms with E-state index in [0.717, 1.165) is 10.2 Å². The van der Waals surface area contributed by atoms with Gasteiger partial charge in [0.05, 0.1) is 7.11 Å². The van der Waals surface area contributed by atoms with E-state index in [0.29, 0.717) is 0 Å². The molecule has 0 spiro atoms. The lowest BCUT2D eigenvalue weighted by Crippen LogP contribution is -1.78. The maximum atomic E-state index is 4.96. The molecule has 0 N–H and O–H groups in total. The van der Waals surface area contributed by atoms with Crippen LogP contribution in [0.1, 0.15) is 6.92 Å². The van der Waals surface area contributed by atoms with E-state index in [1.54, 1.807) is 7.11 Å². The van der Waals surface area contributed by atoms with E-state index < -0.39 is 0 Å². The number of allylic oxidation sites excluding steroid dienone is 4. The van der Waals surface area contributed by atoms with Gasteiger partial charge >= 0.3 is 0 Å². The highest BCUT2D eigenvalue weighted by Crippen LogP contribution is 2.05. The minimum absolute atomic E-state index is 0.834. The van der Waals surface area contributed by atoms with Crippen LogP contribution in [0.3, 0.4) is 0 Å². The Labute approximate surface area is 70.2 Å². The molecule has 0 aliphatic heterocycles. The van der Waals surface area contributed by atoms with Crippen LogP contribution in [0.2, 0.25) is 0 Å². The lowest BCUT2D eigenvalue weighted by atomic mass is 10.4. The summed E-state index contributed by atoms with van der Waals surface area (Å²) >= 11 is 3.20. The average molecular weight is 203 g/mol. The fourth-order valence-corrected chi connectivity index (χ4v) is 0.587. The number of methoxy groups -OCH3 is 1. The van der Waals surface area contributed by atoms with Gasteiger partial charge in [0, 0.05) is 4.48 Å². The molecular formula is C8H11BrO. The second-order valence-electron chi connectivity index (χ2n) is 1.68. The van der Waals surface area contributed by atoms with Crippen LogP contribution in [-0.4, -0.2) is 7.11 Å². The van der Waals surface area contributed by atoms with Gasteiger partial charge in [-0.2, -0.15) is 0 Å². The van der Waals surface area contributed by atoms with E-state index in [9.17, 15) is 0 Å². The molecule has 0 radical (unpaired) electrons. The van der Waals surface area contributed by atoms with Gasteiger partial charge in [-0.15, -0.1) is 0 Å². The molecule has 0 aliphatic carbocycles. The summed E-state index contributed by atoms with van der Waals surface area (Å²) in [6.07, 6.45) is 5.56. The highest BCUT2D eigenvalue weighted by atomic mass is 79.9. The summed E-state index contributed by atoms with van der Waals surface area (Å²) in [6, 6.07) is 0. The van der Waals surface area contributed by atoms with Gasteiger partial charge in [0.15, 0.2) is 0 Å². The van der Waals surface area contributed by atoms with Crippen LogP contribution >= 0.6 is 15.9 Å². The predicted molar refractivity (Wildman–Crippen MR) is 48.0 cm³/mol. The fraction of sp³-hybridized carbons (Fsp3) is 0.250. The third-order valence-electron chi connectivity index (χ3n) is 0.949. The monoisotopic (exact) mass is 202 g/mol. The van der Waals surface area contributed by atoms with Gasteiger partial charge in [-0.05, 0) is 25.2 Å². The van der Waals surface area contributed by atoms with Gasteiger partial charge in [0.25, 0.3) is 0 Å². The molecule has 10 heavy (non-hydrogen) atoms. The second kappa shape index (κ2) is 5.30. The molecule has 1 nitrogen and oxygen atoms in total. The Morgan fingerprint density at radius 1 is 1.50 bits per heavy atom. The Kier molecular flexibility index (Phi) is 5.03. The summed E-state index contributed by atoms with van der Waals surface area (Å²) in [4.78, 5) is 0. The first kappa shape index (κ1) is 9.50. The van der Waals surface area contributed by atoms with Crippen LogP contribution < -0.4 is 0 Å². The van der Waals surface area contributed by atoms with Crippen molar-refractivity contribution in [2.24, 2.45) is 0 Å². The van der Waals surface area contributed by atoms with E-state index in [4.69, 9.17) is 4.74 Å². The van der Waals surface area contributed by atoms with E-state index in [2.05, 4.69) is 22.5 Å². The van der Waals surface area contributed by atoms with Crippen LogP contribution in [-0.2, 0) is 4.74 Å². The topological polar surface area (TPSA) is 9.23 Å². The van der Waals surface area contributed by atoms with Crippen molar-refractivity contribution in [1.29, 1.82) is 0 Å². The van der Waals surface area contributed by atoms with Crippen molar-refractivity contribution in [3.05, 3.63) is 35.0 Å². The SMILES string of the molecule is C=C(Br)/C=C\C(=C/C)OC. The Hall–Kier alpha value is -0.500. The van der Waals surface area contributed by atoms with Crippen LogP contribution in [0.5, 0.6) is 0 Å². The molecule has 0 amide bonds. The average Bonchev–Trinajstić information content (AvgIpc) is 1.90. The summed E-state index contributed by atoms with van der Waals surface area (Å²) in [6.45, 7) is 5.56. The molecule has 0 atom stereocenters. The second-order valence-corrected chi connectivity index (χ2v) is 2.69. The molecule has 0 aromatic carbocycles. The van der Waals surface area contributed by atoms with Crippen LogP contribution in [0.25, 0.3) is 0 Å². The molecular weight excluding hydrogens is 192 g/mol. The minimum atomic E-state index is 0.834. The molecule has 0 aliphatic rings. The highest BCUT2D eigenvalue weighted by molar-refractivity contribution is 9.11. The Bertz CT molecular complexity index is 168. The van der Waals surface area contributed by atoms with E-state index >= 15 is 0 Å². The smallest absolute Gasteiger partial charge is 0.114 e. The summed E-state index contributed by atoms with van der Waals surface area (Å²) in [5.41, 5.74) is 0. The summed E-state index contributed by atoms with van der Waals surface area (Å²) in [7, 11) is 1.64. The molecule has 0 saturated carbocycles. The molecule has 56 valence electrons. The summed E-state index contributed by atoms with van der Waals surface area (Å²) in [5, 5.41) is 0. The van der Waals surface area contributed by atoms with Crippen molar-refractivity contribution in [3.8, 4) is 0 Å². The third kappa shape index (κ3) is 4.39. The normalized spacial score (nSPS) is 12.1. The molecule has 0 rings (SSSR count). The lowest BCUT2D eigenvalue weighted by Gasteiger charge is -1.96. The predicted octanol–water partition coefficient (Wildman–Crippen LogP) is 3.00. The Balaban J connectivity index is 3.98. The van der Waals surface area contributed by atoms with Gasteiger partial charge in [-0.25, -0.2) is 0 Å². The molecule has 0 bridgehead atoms. The number of rotatable bonds is 3. The molecule has 2 heteroatoms. The Morgan fingerprint density at radius 3 is 2.40 bits per heavy atom. The lowest BCUT2D eigenvalue weighted by molar-refractivity contribution is 0.306. The summed E-state index contributed by atoms with van der Waals surface area (Å²) < 4.78 is 5.80. The van der Waals surface area contributed by atoms with E-state index in [1.165, 1.54) is 0 Å². The Morgan fingerprint density at radius 2 is 2.10 bits per heavy atom. The van der Waals surface area contributed by atoms with Crippen molar-refractivity contribution < 1.29 is 4.74 Å². The van der Waals surface area contributed by atoms with E-state index in [1.807, 2.05) is 25.2 Å². The third-order valence-corrected chi connectivity index (χ3v) is 1.21. The number of halogens is 1. The first-order valence-electron chi connectivity index (χ1n) is 2.93. The zero-order chi connectivity index (χ0) is 7.98.